The Balaban J connectivity index is 1.33. The zero-order valence-corrected chi connectivity index (χ0v) is 22.0. The predicted molar refractivity (Wildman–Crippen MR) is 138 cm³/mol. The van der Waals surface area contributed by atoms with Gasteiger partial charge in [0, 0.05) is 30.3 Å². The van der Waals surface area contributed by atoms with Crippen molar-refractivity contribution in [3.8, 4) is 10.4 Å². The third-order valence-corrected chi connectivity index (χ3v) is 12.6. The van der Waals surface area contributed by atoms with Crippen LogP contribution in [-0.2, 0) is 9.22 Å². The highest BCUT2D eigenvalue weighted by Crippen LogP contribution is 2.38. The lowest BCUT2D eigenvalue weighted by molar-refractivity contribution is -0.121. The molecular formula is C25H34N4O2SSi. The van der Waals surface area contributed by atoms with Crippen molar-refractivity contribution in [1.82, 2.24) is 15.0 Å². The second kappa shape index (κ2) is 9.60. The Morgan fingerprint density at radius 3 is 2.61 bits per heavy atom. The Labute approximate surface area is 201 Å². The lowest BCUT2D eigenvalue weighted by Gasteiger charge is -2.38. The van der Waals surface area contributed by atoms with E-state index in [4.69, 9.17) is 4.43 Å². The number of hydrogen-bond acceptors (Lipinski definition) is 6. The summed E-state index contributed by atoms with van der Waals surface area (Å²) in [6.07, 6.45) is 7.46. The van der Waals surface area contributed by atoms with Crippen LogP contribution in [0.1, 0.15) is 46.5 Å². The van der Waals surface area contributed by atoms with Crippen LogP contribution in [0.3, 0.4) is 0 Å². The van der Waals surface area contributed by atoms with Gasteiger partial charge in [0.15, 0.2) is 8.32 Å². The summed E-state index contributed by atoms with van der Waals surface area (Å²) in [7, 11) is -1.72. The highest BCUT2D eigenvalue weighted by molar-refractivity contribution is 7.13. The zero-order valence-electron chi connectivity index (χ0n) is 20.2. The summed E-state index contributed by atoms with van der Waals surface area (Å²) in [5.74, 6) is 0.955. The number of anilines is 1. The molecule has 0 unspecified atom stereocenters. The molecule has 0 radical (unpaired) electrons. The van der Waals surface area contributed by atoms with Gasteiger partial charge in [-0.05, 0) is 61.4 Å². The number of amides is 1. The minimum absolute atomic E-state index is 0.0111. The monoisotopic (exact) mass is 482 g/mol. The van der Waals surface area contributed by atoms with Gasteiger partial charge in [0.2, 0.25) is 11.9 Å². The molecule has 0 spiro atoms. The largest absolute Gasteiger partial charge is 0.417 e. The molecule has 0 bridgehead atoms. The fourth-order valence-electron chi connectivity index (χ4n) is 3.94. The second-order valence-electron chi connectivity index (χ2n) is 10.6. The van der Waals surface area contributed by atoms with Gasteiger partial charge < -0.3 is 4.43 Å². The fraction of sp³-hybridized carbons (Fsp3) is 0.520. The van der Waals surface area contributed by atoms with Crippen LogP contribution in [0.5, 0.6) is 0 Å². The van der Waals surface area contributed by atoms with Gasteiger partial charge in [-0.2, -0.15) is 0 Å². The zero-order chi connectivity index (χ0) is 23.6. The predicted octanol–water partition coefficient (Wildman–Crippen LogP) is 6.52. The Morgan fingerprint density at radius 2 is 1.94 bits per heavy atom. The highest BCUT2D eigenvalue weighted by atomic mass is 32.1. The summed E-state index contributed by atoms with van der Waals surface area (Å²) in [5.41, 5.74) is 3.70. The third-order valence-electron chi connectivity index (χ3n) is 7.24. The number of fused-ring (bicyclic) bond motifs is 1. The molecule has 176 valence electrons. The van der Waals surface area contributed by atoms with Crippen molar-refractivity contribution in [3.63, 3.8) is 0 Å². The van der Waals surface area contributed by atoms with Crippen LogP contribution >= 0.6 is 11.3 Å². The van der Waals surface area contributed by atoms with Crippen molar-refractivity contribution in [2.24, 2.45) is 11.8 Å². The molecule has 4 rings (SSSR count). The van der Waals surface area contributed by atoms with Gasteiger partial charge in [-0.15, -0.1) is 11.3 Å². The molecular weight excluding hydrogens is 448 g/mol. The maximum Gasteiger partial charge on any atom is 0.229 e. The van der Waals surface area contributed by atoms with Crippen molar-refractivity contribution in [1.29, 1.82) is 0 Å². The Hall–Kier alpha value is -2.16. The second-order valence-corrected chi connectivity index (χ2v) is 16.3. The number of carbonyl (C=O) groups excluding carboxylic acids is 1. The summed E-state index contributed by atoms with van der Waals surface area (Å²) in [4.78, 5) is 27.1. The molecule has 0 aliphatic heterocycles. The molecule has 1 saturated carbocycles. The quantitative estimate of drug-likeness (QED) is 0.405. The van der Waals surface area contributed by atoms with E-state index in [0.717, 1.165) is 53.6 Å². The van der Waals surface area contributed by atoms with E-state index < -0.39 is 8.32 Å². The fourth-order valence-corrected chi connectivity index (χ4v) is 5.65. The molecule has 1 aromatic carbocycles. The van der Waals surface area contributed by atoms with Gasteiger partial charge in [0.05, 0.1) is 15.9 Å². The summed E-state index contributed by atoms with van der Waals surface area (Å²) in [6, 6.07) is 6.07. The molecule has 6 nitrogen and oxygen atoms in total. The molecule has 8 heteroatoms. The maximum atomic E-state index is 12.9. The minimum Gasteiger partial charge on any atom is -0.417 e. The normalized spacial score (nSPS) is 19.5. The van der Waals surface area contributed by atoms with Crippen molar-refractivity contribution >= 4 is 42.4 Å². The van der Waals surface area contributed by atoms with E-state index >= 15 is 0 Å². The van der Waals surface area contributed by atoms with E-state index in [-0.39, 0.29) is 16.9 Å². The molecule has 1 amide bonds. The number of nitrogens with zero attached hydrogens (tertiary/aromatic N) is 3. The molecule has 1 fully saturated rings. The van der Waals surface area contributed by atoms with E-state index in [1.54, 1.807) is 17.5 Å². The molecule has 1 aliphatic carbocycles. The first-order valence-corrected chi connectivity index (χ1v) is 15.5. The molecule has 1 N–H and O–H groups in total. The number of nitrogens with one attached hydrogen (secondary N) is 1. The first-order chi connectivity index (χ1) is 15.6. The Bertz CT molecular complexity index is 1100. The average molecular weight is 483 g/mol. The Kier molecular flexibility index (Phi) is 6.98. The summed E-state index contributed by atoms with van der Waals surface area (Å²) in [5, 5.41) is 4.13. The molecule has 2 heterocycles. The smallest absolute Gasteiger partial charge is 0.229 e. The summed E-state index contributed by atoms with van der Waals surface area (Å²) in [6.45, 7) is 12.2. The lowest BCUT2D eigenvalue weighted by atomic mass is 9.82. The van der Waals surface area contributed by atoms with E-state index in [1.165, 1.54) is 0 Å². The molecule has 0 atom stereocenters. The van der Waals surface area contributed by atoms with Gasteiger partial charge in [-0.25, -0.2) is 9.97 Å². The van der Waals surface area contributed by atoms with Crippen LogP contribution in [0.25, 0.3) is 21.3 Å². The van der Waals surface area contributed by atoms with E-state index in [2.05, 4.69) is 54.1 Å². The van der Waals surface area contributed by atoms with Crippen LogP contribution in [0.4, 0.5) is 5.95 Å². The van der Waals surface area contributed by atoms with Crippen LogP contribution in [0, 0.1) is 11.8 Å². The lowest BCUT2D eigenvalue weighted by Crippen LogP contribution is -2.42. The number of aromatic nitrogens is 3. The first-order valence-electron chi connectivity index (χ1n) is 11.7. The number of thiazole rings is 1. The van der Waals surface area contributed by atoms with Crippen LogP contribution in [-0.4, -0.2) is 35.8 Å². The van der Waals surface area contributed by atoms with E-state index in [0.29, 0.717) is 11.9 Å². The number of rotatable bonds is 6. The van der Waals surface area contributed by atoms with E-state index in [1.807, 2.05) is 29.9 Å². The van der Waals surface area contributed by atoms with E-state index in [9.17, 15) is 4.79 Å². The topological polar surface area (TPSA) is 77.0 Å². The van der Waals surface area contributed by atoms with Crippen LogP contribution in [0.15, 0.2) is 36.1 Å². The van der Waals surface area contributed by atoms with Crippen molar-refractivity contribution in [2.45, 2.75) is 64.6 Å². The Morgan fingerprint density at radius 1 is 1.18 bits per heavy atom. The summed E-state index contributed by atoms with van der Waals surface area (Å²) < 4.78 is 6.42. The van der Waals surface area contributed by atoms with Crippen molar-refractivity contribution in [3.05, 3.63) is 36.1 Å². The van der Waals surface area contributed by atoms with Gasteiger partial charge in [-0.1, -0.05) is 32.9 Å². The minimum atomic E-state index is -1.72. The molecule has 0 saturated heterocycles. The molecule has 1 aliphatic rings. The first kappa shape index (κ1) is 24.0. The third kappa shape index (κ3) is 5.67. The molecule has 33 heavy (non-hydrogen) atoms. The van der Waals surface area contributed by atoms with Gasteiger partial charge in [0.1, 0.15) is 0 Å². The number of carbonyl (C=O) groups is 1. The average Bonchev–Trinajstić information content (AvgIpc) is 3.32. The molecule has 2 aromatic heterocycles. The highest BCUT2D eigenvalue weighted by Gasteiger charge is 2.38. The van der Waals surface area contributed by atoms with Crippen molar-refractivity contribution < 1.29 is 9.22 Å². The standard InChI is InChI=1S/C25H34N4O2SSi/c1-25(2,3)33(4,5)31-15-17-6-8-18(9-7-17)23(30)29-24-27-13-20-11-10-19(12-21(20)28-24)22-14-26-16-32-22/h10-14,16-18H,6-9,15H2,1-5H3,(H,27,28,29,30)/t17-,18-. The van der Waals surface area contributed by atoms with Crippen molar-refractivity contribution in [2.75, 3.05) is 11.9 Å². The summed E-state index contributed by atoms with van der Waals surface area (Å²) >= 11 is 1.59. The number of benzene rings is 1. The SMILES string of the molecule is CC(C)(C)[Si](C)(C)OC[C@H]1CC[C@H](C(=O)Nc2ncc3ccc(-c4cncs4)cc3n2)CC1. The van der Waals surface area contributed by atoms with Gasteiger partial charge in [-0.3, -0.25) is 15.1 Å². The number of hydrogen-bond donors (Lipinski definition) is 1. The van der Waals surface area contributed by atoms with Gasteiger partial charge in [0.25, 0.3) is 0 Å². The van der Waals surface area contributed by atoms with Gasteiger partial charge >= 0.3 is 0 Å². The maximum absolute atomic E-state index is 12.9. The molecule has 3 aromatic rings. The van der Waals surface area contributed by atoms with Crippen LogP contribution in [0.2, 0.25) is 18.1 Å². The van der Waals surface area contributed by atoms with Crippen LogP contribution < -0.4 is 5.32 Å².